The molecule has 15 heavy (non-hydrogen) atoms. The Labute approximate surface area is 90.4 Å². The molecule has 0 saturated heterocycles. The van der Waals surface area contributed by atoms with Crippen molar-refractivity contribution < 1.29 is 0 Å². The van der Waals surface area contributed by atoms with Gasteiger partial charge in [0.25, 0.3) is 5.56 Å². The summed E-state index contributed by atoms with van der Waals surface area (Å²) in [6, 6.07) is 5.22. The van der Waals surface area contributed by atoms with Gasteiger partial charge in [0.05, 0.1) is 0 Å². The van der Waals surface area contributed by atoms with Crippen LogP contribution in [0.25, 0.3) is 0 Å². The Morgan fingerprint density at radius 1 is 1.40 bits per heavy atom. The number of nitrogens with zero attached hydrogens (tertiary/aromatic N) is 1. The third-order valence-electron chi connectivity index (χ3n) is 2.15. The van der Waals surface area contributed by atoms with Gasteiger partial charge < -0.3 is 9.88 Å². The zero-order valence-corrected chi connectivity index (χ0v) is 9.15. The summed E-state index contributed by atoms with van der Waals surface area (Å²) in [6.07, 6.45) is 7.03. The molecule has 0 spiro atoms. The summed E-state index contributed by atoms with van der Waals surface area (Å²) in [5, 5.41) is 3.28. The van der Waals surface area contributed by atoms with Crippen LogP contribution in [0.2, 0.25) is 0 Å². The Hall–Kier alpha value is -1.35. The Balaban J connectivity index is 2.21. The fraction of sp³-hybridized carbons (Fsp3) is 0.417. The highest BCUT2D eigenvalue weighted by atomic mass is 16.1. The molecule has 1 N–H and O–H groups in total. The SMILES string of the molecule is C/C=C/CCNCCn1ccccc1=O. The lowest BCUT2D eigenvalue weighted by Gasteiger charge is -2.05. The van der Waals surface area contributed by atoms with E-state index >= 15 is 0 Å². The molecule has 82 valence electrons. The second-order valence-corrected chi connectivity index (χ2v) is 3.34. The van der Waals surface area contributed by atoms with E-state index < -0.39 is 0 Å². The molecule has 0 fully saturated rings. The molecule has 3 nitrogen and oxygen atoms in total. The molecule has 0 radical (unpaired) electrons. The van der Waals surface area contributed by atoms with E-state index in [-0.39, 0.29) is 5.56 Å². The quantitative estimate of drug-likeness (QED) is 0.564. The lowest BCUT2D eigenvalue weighted by Crippen LogP contribution is -2.26. The normalized spacial score (nSPS) is 11.0. The average molecular weight is 206 g/mol. The average Bonchev–Trinajstić information content (AvgIpc) is 2.25. The Morgan fingerprint density at radius 3 is 3.00 bits per heavy atom. The minimum absolute atomic E-state index is 0.0627. The first kappa shape index (κ1) is 11.7. The van der Waals surface area contributed by atoms with Gasteiger partial charge in [-0.2, -0.15) is 0 Å². The van der Waals surface area contributed by atoms with Crippen molar-refractivity contribution in [2.45, 2.75) is 19.9 Å². The third-order valence-corrected chi connectivity index (χ3v) is 2.15. The maximum absolute atomic E-state index is 11.3. The molecule has 0 aliphatic heterocycles. The largest absolute Gasteiger partial charge is 0.315 e. The second kappa shape index (κ2) is 7.01. The second-order valence-electron chi connectivity index (χ2n) is 3.34. The molecule has 0 unspecified atom stereocenters. The van der Waals surface area contributed by atoms with E-state index in [0.29, 0.717) is 0 Å². The minimum atomic E-state index is 0.0627. The monoisotopic (exact) mass is 206 g/mol. The number of hydrogen-bond donors (Lipinski definition) is 1. The van der Waals surface area contributed by atoms with E-state index in [2.05, 4.69) is 11.4 Å². The number of hydrogen-bond acceptors (Lipinski definition) is 2. The van der Waals surface area contributed by atoms with Crippen molar-refractivity contribution in [2.75, 3.05) is 13.1 Å². The molecule has 0 bridgehead atoms. The number of pyridine rings is 1. The summed E-state index contributed by atoms with van der Waals surface area (Å²) in [5.41, 5.74) is 0.0627. The van der Waals surface area contributed by atoms with Gasteiger partial charge in [-0.1, -0.05) is 18.2 Å². The fourth-order valence-corrected chi connectivity index (χ4v) is 1.32. The molecule has 0 aliphatic carbocycles. The molecular weight excluding hydrogens is 188 g/mol. The summed E-state index contributed by atoms with van der Waals surface area (Å²) in [6.45, 7) is 4.55. The number of allylic oxidation sites excluding steroid dienone is 1. The van der Waals surface area contributed by atoms with Crippen LogP contribution < -0.4 is 10.9 Å². The molecule has 0 aromatic carbocycles. The molecule has 1 rings (SSSR count). The van der Waals surface area contributed by atoms with Crippen LogP contribution in [0.15, 0.2) is 41.3 Å². The van der Waals surface area contributed by atoms with Crippen LogP contribution in [0.1, 0.15) is 13.3 Å². The van der Waals surface area contributed by atoms with Crippen molar-refractivity contribution >= 4 is 0 Å². The first-order valence-corrected chi connectivity index (χ1v) is 5.32. The van der Waals surface area contributed by atoms with Crippen molar-refractivity contribution in [3.63, 3.8) is 0 Å². The number of nitrogens with one attached hydrogen (secondary N) is 1. The van der Waals surface area contributed by atoms with Gasteiger partial charge in [-0.15, -0.1) is 0 Å². The molecule has 1 heterocycles. The van der Waals surface area contributed by atoms with E-state index in [4.69, 9.17) is 0 Å². The molecule has 0 amide bonds. The molecule has 0 atom stereocenters. The van der Waals surface area contributed by atoms with E-state index in [1.54, 1.807) is 16.7 Å². The van der Waals surface area contributed by atoms with Crippen LogP contribution in [-0.2, 0) is 6.54 Å². The maximum atomic E-state index is 11.3. The van der Waals surface area contributed by atoms with Crippen LogP contribution in [0, 0.1) is 0 Å². The predicted molar refractivity (Wildman–Crippen MR) is 63.0 cm³/mol. The predicted octanol–water partition coefficient (Wildman–Crippen LogP) is 1.40. The standard InChI is InChI=1S/C12H18N2O/c1-2-3-5-8-13-9-11-14-10-6-4-7-12(14)15/h2-4,6-7,10,13H,5,8-9,11H2,1H3/b3-2+. The van der Waals surface area contributed by atoms with Gasteiger partial charge >= 0.3 is 0 Å². The van der Waals surface area contributed by atoms with Gasteiger partial charge in [-0.3, -0.25) is 4.79 Å². The Morgan fingerprint density at radius 2 is 2.27 bits per heavy atom. The van der Waals surface area contributed by atoms with E-state index in [1.807, 2.05) is 25.3 Å². The fourth-order valence-electron chi connectivity index (χ4n) is 1.32. The van der Waals surface area contributed by atoms with Crippen molar-refractivity contribution in [1.29, 1.82) is 0 Å². The van der Waals surface area contributed by atoms with Gasteiger partial charge in [0, 0.05) is 25.4 Å². The van der Waals surface area contributed by atoms with Crippen molar-refractivity contribution in [3.8, 4) is 0 Å². The first-order chi connectivity index (χ1) is 7.34. The molecule has 3 heteroatoms. The molecule has 0 saturated carbocycles. The Bertz CT molecular complexity index is 355. The van der Waals surface area contributed by atoms with Gasteiger partial charge in [-0.25, -0.2) is 0 Å². The highest BCUT2D eigenvalue weighted by Crippen LogP contribution is 1.82. The lowest BCUT2D eigenvalue weighted by molar-refractivity contribution is 0.589. The van der Waals surface area contributed by atoms with E-state index in [0.717, 1.165) is 26.1 Å². The third kappa shape index (κ3) is 4.61. The summed E-state index contributed by atoms with van der Waals surface area (Å²) < 4.78 is 1.71. The van der Waals surface area contributed by atoms with Crippen LogP contribution in [0.5, 0.6) is 0 Å². The highest BCUT2D eigenvalue weighted by Gasteiger charge is 1.92. The molecular formula is C12H18N2O. The number of rotatable bonds is 6. The number of aromatic nitrogens is 1. The smallest absolute Gasteiger partial charge is 0.250 e. The lowest BCUT2D eigenvalue weighted by atomic mass is 10.4. The first-order valence-electron chi connectivity index (χ1n) is 5.32. The van der Waals surface area contributed by atoms with Gasteiger partial charge in [-0.05, 0) is 26.0 Å². The molecule has 0 aliphatic rings. The van der Waals surface area contributed by atoms with Gasteiger partial charge in [0.15, 0.2) is 0 Å². The van der Waals surface area contributed by atoms with E-state index in [1.165, 1.54) is 0 Å². The summed E-state index contributed by atoms with van der Waals surface area (Å²) in [5.74, 6) is 0. The molecule has 1 aromatic rings. The topological polar surface area (TPSA) is 34.0 Å². The summed E-state index contributed by atoms with van der Waals surface area (Å²) in [7, 11) is 0. The zero-order valence-electron chi connectivity index (χ0n) is 9.15. The van der Waals surface area contributed by atoms with Gasteiger partial charge in [0.1, 0.15) is 0 Å². The van der Waals surface area contributed by atoms with E-state index in [9.17, 15) is 4.79 Å². The van der Waals surface area contributed by atoms with Crippen LogP contribution in [0.4, 0.5) is 0 Å². The Kier molecular flexibility index (Phi) is 5.48. The van der Waals surface area contributed by atoms with Crippen molar-refractivity contribution in [2.24, 2.45) is 0 Å². The van der Waals surface area contributed by atoms with Crippen molar-refractivity contribution in [1.82, 2.24) is 9.88 Å². The zero-order chi connectivity index (χ0) is 10.9. The summed E-state index contributed by atoms with van der Waals surface area (Å²) in [4.78, 5) is 11.3. The highest BCUT2D eigenvalue weighted by molar-refractivity contribution is 4.93. The van der Waals surface area contributed by atoms with Crippen molar-refractivity contribution in [3.05, 3.63) is 46.9 Å². The van der Waals surface area contributed by atoms with Crippen LogP contribution >= 0.6 is 0 Å². The minimum Gasteiger partial charge on any atom is -0.315 e. The van der Waals surface area contributed by atoms with Crippen LogP contribution in [-0.4, -0.2) is 17.7 Å². The summed E-state index contributed by atoms with van der Waals surface area (Å²) >= 11 is 0. The van der Waals surface area contributed by atoms with Crippen LogP contribution in [0.3, 0.4) is 0 Å². The molecule has 1 aromatic heterocycles. The maximum Gasteiger partial charge on any atom is 0.250 e. The van der Waals surface area contributed by atoms with Gasteiger partial charge in [0.2, 0.25) is 0 Å².